The third kappa shape index (κ3) is 3.85. The van der Waals surface area contributed by atoms with Crippen LogP contribution in [-0.4, -0.2) is 26.6 Å². The van der Waals surface area contributed by atoms with Gasteiger partial charge >= 0.3 is 0 Å². The van der Waals surface area contributed by atoms with E-state index in [1.54, 1.807) is 18.3 Å². The molecule has 0 atom stereocenters. The smallest absolute Gasteiger partial charge is 0.234 e. The van der Waals surface area contributed by atoms with Crippen LogP contribution in [0.4, 0.5) is 5.69 Å². The number of aromatic amines is 1. The minimum atomic E-state index is -0.116. The highest BCUT2D eigenvalue weighted by molar-refractivity contribution is 9.10. The van der Waals surface area contributed by atoms with E-state index in [1.165, 1.54) is 11.8 Å². The molecule has 3 aromatic rings. The summed E-state index contributed by atoms with van der Waals surface area (Å²) in [5, 5.41) is 4.14. The zero-order valence-corrected chi connectivity index (χ0v) is 15.2. The van der Waals surface area contributed by atoms with Crippen LogP contribution >= 0.6 is 39.3 Å². The molecule has 0 spiro atoms. The molecular formula is C15H12BrClN4OS. The summed E-state index contributed by atoms with van der Waals surface area (Å²) in [4.78, 5) is 23.8. The van der Waals surface area contributed by atoms with Gasteiger partial charge in [-0.3, -0.25) is 4.79 Å². The second-order valence-electron chi connectivity index (χ2n) is 4.82. The zero-order chi connectivity index (χ0) is 16.4. The Hall–Kier alpha value is -1.57. The number of halogens is 2. The second kappa shape index (κ2) is 6.90. The Morgan fingerprint density at radius 1 is 1.48 bits per heavy atom. The number of amides is 1. The van der Waals surface area contributed by atoms with Gasteiger partial charge in [-0.05, 0) is 46.6 Å². The van der Waals surface area contributed by atoms with Crippen molar-refractivity contribution in [3.8, 4) is 0 Å². The number of rotatable bonds is 4. The maximum Gasteiger partial charge on any atom is 0.234 e. The summed E-state index contributed by atoms with van der Waals surface area (Å²) in [7, 11) is 0. The lowest BCUT2D eigenvalue weighted by Gasteiger charge is -2.08. The van der Waals surface area contributed by atoms with E-state index in [0.29, 0.717) is 15.8 Å². The number of carbonyl (C=O) groups is 1. The standard InChI is InChI=1S/C15H12BrClN4OS/c1-8-10(17)3-2-4-11(8)19-13(22)7-23-15-20-12-5-9(16)6-18-14(12)21-15/h2-6H,7H2,1H3,(H,19,22)(H,18,20,21). The van der Waals surface area contributed by atoms with Crippen LogP contribution < -0.4 is 5.32 Å². The largest absolute Gasteiger partial charge is 0.331 e. The third-order valence-corrected chi connectivity index (χ3v) is 4.88. The van der Waals surface area contributed by atoms with E-state index >= 15 is 0 Å². The van der Waals surface area contributed by atoms with E-state index in [9.17, 15) is 4.79 Å². The second-order valence-corrected chi connectivity index (χ2v) is 7.10. The summed E-state index contributed by atoms with van der Waals surface area (Å²) in [6.45, 7) is 1.87. The highest BCUT2D eigenvalue weighted by atomic mass is 79.9. The minimum absolute atomic E-state index is 0.116. The molecule has 0 aliphatic rings. The first-order valence-electron chi connectivity index (χ1n) is 6.72. The summed E-state index contributed by atoms with van der Waals surface area (Å²) >= 11 is 10.7. The van der Waals surface area contributed by atoms with Crippen molar-refractivity contribution in [3.63, 3.8) is 0 Å². The minimum Gasteiger partial charge on any atom is -0.331 e. The predicted octanol–water partition coefficient (Wildman–Crippen LogP) is 4.41. The van der Waals surface area contributed by atoms with Gasteiger partial charge in [-0.15, -0.1) is 0 Å². The monoisotopic (exact) mass is 410 g/mol. The molecular weight excluding hydrogens is 400 g/mol. The van der Waals surface area contributed by atoms with Gasteiger partial charge in [0.15, 0.2) is 10.8 Å². The molecule has 1 aromatic carbocycles. The Labute approximate surface area is 150 Å². The van der Waals surface area contributed by atoms with E-state index in [4.69, 9.17) is 11.6 Å². The molecule has 2 aromatic heterocycles. The number of imidazole rings is 1. The Balaban J connectivity index is 1.65. The average molecular weight is 412 g/mol. The molecule has 118 valence electrons. The number of carbonyl (C=O) groups excluding carboxylic acids is 1. The first-order chi connectivity index (χ1) is 11.0. The fourth-order valence-corrected chi connectivity index (χ4v) is 3.16. The van der Waals surface area contributed by atoms with E-state index < -0.39 is 0 Å². The number of H-pyrrole nitrogens is 1. The first-order valence-corrected chi connectivity index (χ1v) is 8.87. The molecule has 1 amide bonds. The quantitative estimate of drug-likeness (QED) is 0.624. The number of nitrogens with one attached hydrogen (secondary N) is 2. The number of aromatic nitrogens is 3. The zero-order valence-electron chi connectivity index (χ0n) is 12.1. The van der Waals surface area contributed by atoms with Crippen LogP contribution in [-0.2, 0) is 4.79 Å². The molecule has 8 heteroatoms. The number of nitrogens with zero attached hydrogens (tertiary/aromatic N) is 2. The molecule has 2 heterocycles. The van der Waals surface area contributed by atoms with Gasteiger partial charge in [-0.1, -0.05) is 29.4 Å². The van der Waals surface area contributed by atoms with Crippen LogP contribution in [0.2, 0.25) is 5.02 Å². The Morgan fingerprint density at radius 2 is 2.30 bits per heavy atom. The summed E-state index contributed by atoms with van der Waals surface area (Å²) in [5.41, 5.74) is 3.03. The Morgan fingerprint density at radius 3 is 3.13 bits per heavy atom. The molecule has 0 bridgehead atoms. The molecule has 0 unspecified atom stereocenters. The van der Waals surface area contributed by atoms with Crippen molar-refractivity contribution in [1.29, 1.82) is 0 Å². The lowest BCUT2D eigenvalue weighted by molar-refractivity contribution is -0.113. The molecule has 2 N–H and O–H groups in total. The van der Waals surface area contributed by atoms with Gasteiger partial charge in [0.1, 0.15) is 0 Å². The van der Waals surface area contributed by atoms with E-state index in [-0.39, 0.29) is 11.7 Å². The SMILES string of the molecule is Cc1c(Cl)cccc1NC(=O)CSc1nc2ncc(Br)cc2[nH]1. The molecule has 0 saturated carbocycles. The number of thioether (sulfide) groups is 1. The summed E-state index contributed by atoms with van der Waals surface area (Å²) in [6.07, 6.45) is 1.69. The van der Waals surface area contributed by atoms with Crippen molar-refractivity contribution >= 4 is 62.1 Å². The molecule has 0 aliphatic heterocycles. The van der Waals surface area contributed by atoms with Gasteiger partial charge in [0.25, 0.3) is 0 Å². The van der Waals surface area contributed by atoms with Crippen LogP contribution in [0, 0.1) is 6.92 Å². The number of fused-ring (bicyclic) bond motifs is 1. The normalized spacial score (nSPS) is 10.9. The number of hydrogen-bond acceptors (Lipinski definition) is 4. The lowest BCUT2D eigenvalue weighted by atomic mass is 10.2. The van der Waals surface area contributed by atoms with Crippen LogP contribution in [0.15, 0.2) is 40.1 Å². The molecule has 0 fully saturated rings. The van der Waals surface area contributed by atoms with Gasteiger partial charge in [-0.2, -0.15) is 0 Å². The molecule has 3 rings (SSSR count). The highest BCUT2D eigenvalue weighted by Gasteiger charge is 2.10. The molecule has 0 aliphatic carbocycles. The lowest BCUT2D eigenvalue weighted by Crippen LogP contribution is -2.15. The third-order valence-electron chi connectivity index (χ3n) is 3.16. The molecule has 0 saturated heterocycles. The topological polar surface area (TPSA) is 70.7 Å². The highest BCUT2D eigenvalue weighted by Crippen LogP contribution is 2.24. The molecule has 0 radical (unpaired) electrons. The number of benzene rings is 1. The number of hydrogen-bond donors (Lipinski definition) is 2. The first kappa shape index (κ1) is 16.3. The average Bonchev–Trinajstić information content (AvgIpc) is 2.92. The van der Waals surface area contributed by atoms with Gasteiger partial charge in [0.05, 0.1) is 11.3 Å². The van der Waals surface area contributed by atoms with Crippen molar-refractivity contribution in [3.05, 3.63) is 45.5 Å². The van der Waals surface area contributed by atoms with Crippen molar-refractivity contribution in [2.75, 3.05) is 11.1 Å². The van der Waals surface area contributed by atoms with Gasteiger partial charge in [-0.25, -0.2) is 9.97 Å². The number of anilines is 1. The van der Waals surface area contributed by atoms with Gasteiger partial charge in [0.2, 0.25) is 5.91 Å². The summed E-state index contributed by atoms with van der Waals surface area (Å²) < 4.78 is 0.874. The van der Waals surface area contributed by atoms with Gasteiger partial charge < -0.3 is 10.3 Å². The Kier molecular flexibility index (Phi) is 4.89. The summed E-state index contributed by atoms with van der Waals surface area (Å²) in [5.74, 6) is 0.127. The van der Waals surface area contributed by atoms with Crippen molar-refractivity contribution in [2.45, 2.75) is 12.1 Å². The number of pyridine rings is 1. The van der Waals surface area contributed by atoms with Crippen molar-refractivity contribution in [2.24, 2.45) is 0 Å². The van der Waals surface area contributed by atoms with E-state index in [0.717, 1.165) is 21.2 Å². The van der Waals surface area contributed by atoms with Crippen LogP contribution in [0.25, 0.3) is 11.2 Å². The fraction of sp³-hybridized carbons (Fsp3) is 0.133. The van der Waals surface area contributed by atoms with Crippen molar-refractivity contribution < 1.29 is 4.79 Å². The van der Waals surface area contributed by atoms with Crippen LogP contribution in [0.5, 0.6) is 0 Å². The maximum atomic E-state index is 12.1. The van der Waals surface area contributed by atoms with Crippen LogP contribution in [0.3, 0.4) is 0 Å². The molecule has 5 nitrogen and oxygen atoms in total. The van der Waals surface area contributed by atoms with Crippen molar-refractivity contribution in [1.82, 2.24) is 15.0 Å². The summed E-state index contributed by atoms with van der Waals surface area (Å²) in [6, 6.07) is 7.32. The molecule has 23 heavy (non-hydrogen) atoms. The predicted molar refractivity (Wildman–Crippen MR) is 97.1 cm³/mol. The fourth-order valence-electron chi connectivity index (χ4n) is 1.98. The maximum absolute atomic E-state index is 12.1. The van der Waals surface area contributed by atoms with E-state index in [1.807, 2.05) is 19.1 Å². The van der Waals surface area contributed by atoms with E-state index in [2.05, 4.69) is 36.2 Å². The van der Waals surface area contributed by atoms with Gasteiger partial charge in [0, 0.05) is 21.4 Å². The Bertz CT molecular complexity index is 883. The van der Waals surface area contributed by atoms with Crippen LogP contribution in [0.1, 0.15) is 5.56 Å².